The van der Waals surface area contributed by atoms with Crippen molar-refractivity contribution in [2.45, 2.75) is 24.3 Å². The summed E-state index contributed by atoms with van der Waals surface area (Å²) >= 11 is 5.90. The number of halogens is 1. The molecule has 0 aromatic heterocycles. The van der Waals surface area contributed by atoms with Gasteiger partial charge in [0.2, 0.25) is 0 Å². The molecular weight excluding hydrogens is 436 g/mol. The third-order valence-electron chi connectivity index (χ3n) is 5.19. The lowest BCUT2D eigenvalue weighted by Crippen LogP contribution is -2.35. The maximum Gasteiger partial charge on any atom is 0.264 e. The van der Waals surface area contributed by atoms with Gasteiger partial charge in [-0.1, -0.05) is 17.7 Å². The van der Waals surface area contributed by atoms with Crippen LogP contribution in [0.5, 0.6) is 5.75 Å². The van der Waals surface area contributed by atoms with Crippen LogP contribution in [0.2, 0.25) is 5.02 Å². The number of nitrogens with zero attached hydrogens (tertiary/aromatic N) is 1. The Labute approximate surface area is 186 Å². The first-order valence-corrected chi connectivity index (χ1v) is 11.5. The van der Waals surface area contributed by atoms with Crippen molar-refractivity contribution in [1.29, 1.82) is 0 Å². The van der Waals surface area contributed by atoms with E-state index in [0.29, 0.717) is 34.1 Å². The van der Waals surface area contributed by atoms with Crippen molar-refractivity contribution < 1.29 is 17.9 Å². The van der Waals surface area contributed by atoms with Crippen LogP contribution in [0.4, 0.5) is 11.4 Å². The number of hydrogen-bond donors (Lipinski definition) is 1. The molecule has 0 spiro atoms. The highest BCUT2D eigenvalue weighted by molar-refractivity contribution is 7.92. The zero-order valence-electron chi connectivity index (χ0n) is 17.0. The van der Waals surface area contributed by atoms with E-state index in [1.165, 1.54) is 16.4 Å². The molecule has 3 aromatic carbocycles. The second-order valence-corrected chi connectivity index (χ2v) is 9.59. The smallest absolute Gasteiger partial charge is 0.264 e. The molecule has 0 radical (unpaired) electrons. The number of hydrogen-bond acceptors (Lipinski definition) is 4. The number of benzene rings is 3. The van der Waals surface area contributed by atoms with Gasteiger partial charge in [0.1, 0.15) is 5.75 Å². The largest absolute Gasteiger partial charge is 0.497 e. The molecule has 1 amide bonds. The Morgan fingerprint density at radius 1 is 1.10 bits per heavy atom. The number of methoxy groups -OCH3 is 1. The van der Waals surface area contributed by atoms with E-state index < -0.39 is 10.0 Å². The molecule has 1 aliphatic heterocycles. The van der Waals surface area contributed by atoms with Gasteiger partial charge in [0, 0.05) is 28.4 Å². The molecule has 160 valence electrons. The average molecular weight is 457 g/mol. The zero-order valence-corrected chi connectivity index (χ0v) is 18.6. The predicted octanol–water partition coefficient (Wildman–Crippen LogP) is 4.74. The van der Waals surface area contributed by atoms with Crippen LogP contribution in [-0.2, 0) is 16.4 Å². The topological polar surface area (TPSA) is 75.7 Å². The molecule has 8 heteroatoms. The number of nitrogens with one attached hydrogen (secondary N) is 1. The molecule has 0 unspecified atom stereocenters. The molecular formula is C23H21ClN2O4S. The summed E-state index contributed by atoms with van der Waals surface area (Å²) in [7, 11) is -2.19. The van der Waals surface area contributed by atoms with E-state index >= 15 is 0 Å². The van der Waals surface area contributed by atoms with E-state index in [2.05, 4.69) is 5.32 Å². The Balaban J connectivity index is 1.61. The summed E-state index contributed by atoms with van der Waals surface area (Å²) in [4.78, 5) is 12.9. The molecule has 1 aliphatic rings. The maximum absolute atomic E-state index is 13.2. The first kappa shape index (κ1) is 21.2. The summed E-state index contributed by atoms with van der Waals surface area (Å²) in [5.74, 6) is 0.367. The molecule has 0 fully saturated rings. The average Bonchev–Trinajstić information content (AvgIpc) is 3.09. The summed E-state index contributed by atoms with van der Waals surface area (Å²) in [6.07, 6.45) is 0.516. The van der Waals surface area contributed by atoms with Crippen molar-refractivity contribution in [1.82, 2.24) is 0 Å². The monoisotopic (exact) mass is 456 g/mol. The second-order valence-electron chi connectivity index (χ2n) is 7.34. The van der Waals surface area contributed by atoms with Crippen LogP contribution >= 0.6 is 11.6 Å². The molecule has 1 heterocycles. The van der Waals surface area contributed by atoms with Crippen molar-refractivity contribution in [2.24, 2.45) is 0 Å². The lowest BCUT2D eigenvalue weighted by molar-refractivity contribution is 0.102. The van der Waals surface area contributed by atoms with Crippen LogP contribution in [0.15, 0.2) is 71.6 Å². The lowest BCUT2D eigenvalue weighted by Gasteiger charge is -2.24. The molecule has 1 N–H and O–H groups in total. The minimum atomic E-state index is -3.75. The van der Waals surface area contributed by atoms with Gasteiger partial charge < -0.3 is 10.1 Å². The third-order valence-corrected chi connectivity index (χ3v) is 7.39. The fraction of sp³-hybridized carbons (Fsp3) is 0.174. The van der Waals surface area contributed by atoms with Crippen LogP contribution < -0.4 is 14.4 Å². The molecule has 0 saturated heterocycles. The fourth-order valence-electron chi connectivity index (χ4n) is 3.73. The molecule has 4 rings (SSSR count). The molecule has 31 heavy (non-hydrogen) atoms. The molecule has 6 nitrogen and oxygen atoms in total. The highest BCUT2D eigenvalue weighted by Crippen LogP contribution is 2.37. The normalized spacial score (nSPS) is 15.5. The van der Waals surface area contributed by atoms with Crippen molar-refractivity contribution in [3.05, 3.63) is 82.9 Å². The maximum atomic E-state index is 13.2. The van der Waals surface area contributed by atoms with Gasteiger partial charge in [-0.05, 0) is 73.5 Å². The summed E-state index contributed by atoms with van der Waals surface area (Å²) in [5, 5.41) is 3.32. The van der Waals surface area contributed by atoms with E-state index in [9.17, 15) is 13.2 Å². The third kappa shape index (κ3) is 4.11. The quantitative estimate of drug-likeness (QED) is 0.601. The lowest BCUT2D eigenvalue weighted by atomic mass is 10.1. The first-order chi connectivity index (χ1) is 14.8. The van der Waals surface area contributed by atoms with Gasteiger partial charge in [0.25, 0.3) is 15.9 Å². The minimum absolute atomic E-state index is 0.177. The van der Waals surface area contributed by atoms with E-state index in [1.54, 1.807) is 61.7 Å². The molecule has 0 saturated carbocycles. The summed E-state index contributed by atoms with van der Waals surface area (Å²) in [5.41, 5.74) is 2.47. The number of ether oxygens (including phenoxy) is 1. The standard InChI is InChI=1S/C23H21ClN2O4S/c1-15-12-17-13-16(23(27)25-19-4-3-5-20(14-19)30-2)6-11-22(17)26(15)31(28,29)21-9-7-18(24)8-10-21/h3-11,13-15H,12H2,1-2H3,(H,25,27)/t15-/m1/s1. The Kier molecular flexibility index (Phi) is 5.64. The Hall–Kier alpha value is -3.03. The van der Waals surface area contributed by atoms with Gasteiger partial charge in [-0.3, -0.25) is 9.10 Å². The number of sulfonamides is 1. The van der Waals surface area contributed by atoms with Crippen LogP contribution in [0.3, 0.4) is 0 Å². The number of rotatable bonds is 5. The van der Waals surface area contributed by atoms with E-state index in [1.807, 2.05) is 6.92 Å². The Morgan fingerprint density at radius 2 is 1.84 bits per heavy atom. The molecule has 3 aromatic rings. The van der Waals surface area contributed by atoms with Gasteiger partial charge in [0.15, 0.2) is 0 Å². The van der Waals surface area contributed by atoms with Gasteiger partial charge in [-0.2, -0.15) is 0 Å². The molecule has 0 bridgehead atoms. The second kappa shape index (κ2) is 8.24. The number of carbonyl (C=O) groups excluding carboxylic acids is 1. The molecule has 1 atom stereocenters. The van der Waals surface area contributed by atoms with E-state index in [0.717, 1.165) is 5.56 Å². The van der Waals surface area contributed by atoms with Gasteiger partial charge in [0.05, 0.1) is 17.7 Å². The highest BCUT2D eigenvalue weighted by atomic mass is 35.5. The Bertz CT molecular complexity index is 1240. The van der Waals surface area contributed by atoms with Crippen molar-refractivity contribution in [3.8, 4) is 5.75 Å². The Morgan fingerprint density at radius 3 is 2.55 bits per heavy atom. The number of carbonyl (C=O) groups is 1. The highest BCUT2D eigenvalue weighted by Gasteiger charge is 2.36. The SMILES string of the molecule is COc1cccc(NC(=O)c2ccc3c(c2)C[C@@H](C)N3S(=O)(=O)c2ccc(Cl)cc2)c1. The summed E-state index contributed by atoms with van der Waals surface area (Å²) < 4.78 is 33.1. The zero-order chi connectivity index (χ0) is 22.2. The minimum Gasteiger partial charge on any atom is -0.497 e. The predicted molar refractivity (Wildman–Crippen MR) is 122 cm³/mol. The first-order valence-electron chi connectivity index (χ1n) is 9.68. The number of anilines is 2. The van der Waals surface area contributed by atoms with Crippen LogP contribution in [0, 0.1) is 0 Å². The van der Waals surface area contributed by atoms with Gasteiger partial charge in [-0.25, -0.2) is 8.42 Å². The van der Waals surface area contributed by atoms with Crippen LogP contribution in [0.25, 0.3) is 0 Å². The summed E-state index contributed by atoms with van der Waals surface area (Å²) in [6.45, 7) is 1.85. The van der Waals surface area contributed by atoms with Crippen molar-refractivity contribution in [2.75, 3.05) is 16.7 Å². The number of amides is 1. The van der Waals surface area contributed by atoms with E-state index in [4.69, 9.17) is 16.3 Å². The van der Waals surface area contributed by atoms with Crippen molar-refractivity contribution in [3.63, 3.8) is 0 Å². The van der Waals surface area contributed by atoms with Crippen LogP contribution in [-0.4, -0.2) is 27.5 Å². The summed E-state index contributed by atoms with van der Waals surface area (Å²) in [6, 6.07) is 18.0. The van der Waals surface area contributed by atoms with Gasteiger partial charge >= 0.3 is 0 Å². The van der Waals surface area contributed by atoms with E-state index in [-0.39, 0.29) is 16.8 Å². The molecule has 0 aliphatic carbocycles. The van der Waals surface area contributed by atoms with Gasteiger partial charge in [-0.15, -0.1) is 0 Å². The van der Waals surface area contributed by atoms with Crippen LogP contribution in [0.1, 0.15) is 22.8 Å². The number of fused-ring (bicyclic) bond motifs is 1. The van der Waals surface area contributed by atoms with Crippen molar-refractivity contribution >= 4 is 38.9 Å². The fourth-order valence-corrected chi connectivity index (χ4v) is 5.55.